The van der Waals surface area contributed by atoms with Crippen molar-refractivity contribution in [3.8, 4) is 0 Å². The maximum atomic E-state index is 3.10. The predicted molar refractivity (Wildman–Crippen MR) is 97.9 cm³/mol. The van der Waals surface area contributed by atoms with E-state index in [1.165, 1.54) is 62.2 Å². The Morgan fingerprint density at radius 1 is 1.09 bits per heavy atom. The number of aromatic amines is 1. The van der Waals surface area contributed by atoms with E-state index in [-0.39, 0.29) is 0 Å². The van der Waals surface area contributed by atoms with Gasteiger partial charge in [-0.3, -0.25) is 0 Å². The van der Waals surface area contributed by atoms with Crippen LogP contribution < -0.4 is 4.57 Å². The first-order valence-electron chi connectivity index (χ1n) is 9.09. The molecule has 0 radical (unpaired) electrons. The lowest BCUT2D eigenvalue weighted by atomic mass is 10.1. The fourth-order valence-corrected chi connectivity index (χ4v) is 2.81. The van der Waals surface area contributed by atoms with Gasteiger partial charge in [0.25, 0.3) is 0 Å². The summed E-state index contributed by atoms with van der Waals surface area (Å²) in [5, 5.41) is 0. The zero-order chi connectivity index (χ0) is 17.2. The van der Waals surface area contributed by atoms with E-state index in [4.69, 9.17) is 0 Å². The summed E-state index contributed by atoms with van der Waals surface area (Å²) < 4.78 is 2.06. The Balaban J connectivity index is 0.000000277. The van der Waals surface area contributed by atoms with Crippen molar-refractivity contribution in [2.24, 2.45) is 7.05 Å². The lowest BCUT2D eigenvalue weighted by Crippen LogP contribution is -2.27. The van der Waals surface area contributed by atoms with Gasteiger partial charge in [0.05, 0.1) is 13.7 Å². The summed E-state index contributed by atoms with van der Waals surface area (Å²) in [6.07, 6.45) is 12.5. The topological polar surface area (TPSA) is 26.1 Å². The van der Waals surface area contributed by atoms with E-state index in [2.05, 4.69) is 60.3 Å². The summed E-state index contributed by atoms with van der Waals surface area (Å²) in [6.45, 7) is 11.0. The van der Waals surface area contributed by atoms with Crippen LogP contribution in [0, 0.1) is 13.8 Å². The van der Waals surface area contributed by atoms with Crippen LogP contribution in [0.3, 0.4) is 0 Å². The smallest absolute Gasteiger partial charge is 0.241 e. The molecule has 1 N–H and O–H groups in total. The van der Waals surface area contributed by atoms with Gasteiger partial charge >= 0.3 is 0 Å². The number of nitrogens with zero attached hydrogens (tertiary/aromatic N) is 3. The number of allylic oxidation sites excluding steroid dienone is 1. The predicted octanol–water partition coefficient (Wildman–Crippen LogP) is 3.87. The van der Waals surface area contributed by atoms with E-state index in [0.717, 1.165) is 6.67 Å². The van der Waals surface area contributed by atoms with Crippen molar-refractivity contribution in [2.75, 3.05) is 20.3 Å². The minimum atomic E-state index is 1.08. The van der Waals surface area contributed by atoms with E-state index >= 15 is 0 Å². The molecule has 0 aliphatic carbocycles. The molecule has 0 atom stereocenters. The first-order chi connectivity index (χ1) is 11.0. The third-order valence-electron chi connectivity index (χ3n) is 4.63. The number of nitrogens with one attached hydrogen (secondary N) is 1. The molecule has 4 heteroatoms. The molecular formula is C19H37N4+. The fourth-order valence-electron chi connectivity index (χ4n) is 2.81. The molecule has 0 amide bonds. The van der Waals surface area contributed by atoms with Crippen LogP contribution >= 0.6 is 0 Å². The number of H-pyrrole nitrogens is 1. The Labute approximate surface area is 143 Å². The first-order valence-corrected chi connectivity index (χ1v) is 9.09. The van der Waals surface area contributed by atoms with E-state index in [0.29, 0.717) is 0 Å². The van der Waals surface area contributed by atoms with Crippen LogP contribution in [0.1, 0.15) is 63.8 Å². The van der Waals surface area contributed by atoms with Crippen molar-refractivity contribution >= 4 is 0 Å². The van der Waals surface area contributed by atoms with Gasteiger partial charge in [-0.2, -0.15) is 0 Å². The maximum absolute atomic E-state index is 3.10. The van der Waals surface area contributed by atoms with Crippen LogP contribution in [-0.2, 0) is 7.05 Å². The number of imidazole rings is 1. The van der Waals surface area contributed by atoms with Crippen molar-refractivity contribution in [2.45, 2.75) is 66.2 Å². The van der Waals surface area contributed by atoms with E-state index in [1.54, 1.807) is 0 Å². The first kappa shape index (κ1) is 19.6. The molecule has 0 saturated heterocycles. The molecule has 1 aliphatic rings. The number of unbranched alkanes of at least 4 members (excludes halogenated alkanes) is 5. The highest BCUT2D eigenvalue weighted by molar-refractivity contribution is 5.02. The molecule has 0 unspecified atom stereocenters. The van der Waals surface area contributed by atoms with Crippen molar-refractivity contribution in [3.05, 3.63) is 29.6 Å². The fraction of sp³-hybridized carbons (Fsp3) is 0.737. The second-order valence-electron chi connectivity index (χ2n) is 6.79. The lowest BCUT2D eigenvalue weighted by molar-refractivity contribution is -0.676. The van der Waals surface area contributed by atoms with Crippen molar-refractivity contribution in [1.82, 2.24) is 14.8 Å². The summed E-state index contributed by atoms with van der Waals surface area (Å²) >= 11 is 0. The standard InChI is InChI=1S/C13H26N2.C6H10N2/c1-4-5-6-7-8-9-10-15-12-14(3)11-13(15)2;1-5-6(2)8(3)4-7-5/h11H,4-10,12H2,1-3H3;4H,1-3H3/p+1. The van der Waals surface area contributed by atoms with Gasteiger partial charge in [-0.15, -0.1) is 0 Å². The zero-order valence-corrected chi connectivity index (χ0v) is 16.2. The van der Waals surface area contributed by atoms with Crippen LogP contribution in [-0.4, -0.2) is 35.0 Å². The second-order valence-corrected chi connectivity index (χ2v) is 6.79. The average molecular weight is 322 g/mol. The molecule has 2 heterocycles. The number of rotatable bonds is 7. The molecule has 1 aliphatic heterocycles. The van der Waals surface area contributed by atoms with E-state index in [9.17, 15) is 0 Å². The second kappa shape index (κ2) is 10.3. The molecule has 2 rings (SSSR count). The Bertz CT molecular complexity index is 456. The van der Waals surface area contributed by atoms with Gasteiger partial charge in [-0.1, -0.05) is 39.0 Å². The molecule has 23 heavy (non-hydrogen) atoms. The maximum Gasteiger partial charge on any atom is 0.241 e. The summed E-state index contributed by atoms with van der Waals surface area (Å²) in [7, 11) is 4.17. The van der Waals surface area contributed by atoms with Crippen LogP contribution in [0.2, 0.25) is 0 Å². The third-order valence-corrected chi connectivity index (χ3v) is 4.63. The van der Waals surface area contributed by atoms with Crippen LogP contribution in [0.25, 0.3) is 0 Å². The molecule has 0 bridgehead atoms. The number of aryl methyl sites for hydroxylation is 2. The summed E-state index contributed by atoms with van der Waals surface area (Å²) in [6, 6.07) is 0. The SMILES string of the molecule is CCCCCCCCN1CN(C)C=C1C.Cc1[nH]c[n+](C)c1C. The summed E-state index contributed by atoms with van der Waals surface area (Å²) in [4.78, 5) is 7.83. The van der Waals surface area contributed by atoms with Crippen molar-refractivity contribution in [3.63, 3.8) is 0 Å². The van der Waals surface area contributed by atoms with Crippen molar-refractivity contribution in [1.29, 1.82) is 0 Å². The molecule has 0 saturated carbocycles. The average Bonchev–Trinajstić information content (AvgIpc) is 2.99. The molecule has 132 valence electrons. The molecular weight excluding hydrogens is 284 g/mol. The van der Waals surface area contributed by atoms with Gasteiger partial charge in [0, 0.05) is 39.3 Å². The monoisotopic (exact) mass is 321 g/mol. The van der Waals surface area contributed by atoms with E-state index < -0.39 is 0 Å². The normalized spacial score (nSPS) is 13.9. The summed E-state index contributed by atoms with van der Waals surface area (Å²) in [5.74, 6) is 0. The molecule has 0 aromatic carbocycles. The van der Waals surface area contributed by atoms with Crippen LogP contribution in [0.15, 0.2) is 18.2 Å². The lowest BCUT2D eigenvalue weighted by Gasteiger charge is -2.20. The molecule has 1 aromatic heterocycles. The van der Waals surface area contributed by atoms with Gasteiger partial charge in [0.1, 0.15) is 11.4 Å². The van der Waals surface area contributed by atoms with Crippen LogP contribution in [0.5, 0.6) is 0 Å². The quantitative estimate of drug-likeness (QED) is 0.609. The third kappa shape index (κ3) is 7.10. The molecule has 0 fully saturated rings. The minimum absolute atomic E-state index is 1.08. The highest BCUT2D eigenvalue weighted by Gasteiger charge is 2.13. The Kier molecular flexibility index (Phi) is 8.82. The highest BCUT2D eigenvalue weighted by atomic mass is 15.3. The number of hydrogen-bond donors (Lipinski definition) is 1. The Morgan fingerprint density at radius 3 is 2.17 bits per heavy atom. The van der Waals surface area contributed by atoms with Crippen LogP contribution in [0.4, 0.5) is 0 Å². The molecule has 0 spiro atoms. The minimum Gasteiger partial charge on any atom is -0.361 e. The number of aromatic nitrogens is 2. The zero-order valence-electron chi connectivity index (χ0n) is 16.2. The van der Waals surface area contributed by atoms with E-state index in [1.807, 2.05) is 13.4 Å². The van der Waals surface area contributed by atoms with Gasteiger partial charge in [0.15, 0.2) is 0 Å². The largest absolute Gasteiger partial charge is 0.361 e. The Hall–Kier alpha value is -1.45. The Morgan fingerprint density at radius 2 is 1.74 bits per heavy atom. The van der Waals surface area contributed by atoms with Crippen molar-refractivity contribution < 1.29 is 4.57 Å². The summed E-state index contributed by atoms with van der Waals surface area (Å²) in [5.41, 5.74) is 3.96. The highest BCUT2D eigenvalue weighted by Crippen LogP contribution is 2.15. The van der Waals surface area contributed by atoms with Gasteiger partial charge in [0.2, 0.25) is 6.33 Å². The van der Waals surface area contributed by atoms with Gasteiger partial charge in [-0.05, 0) is 13.3 Å². The molecule has 4 nitrogen and oxygen atoms in total. The number of hydrogen-bond acceptors (Lipinski definition) is 2. The van der Waals surface area contributed by atoms with Gasteiger partial charge in [-0.25, -0.2) is 9.55 Å². The molecule has 1 aromatic rings. The van der Waals surface area contributed by atoms with Gasteiger partial charge < -0.3 is 9.80 Å².